The van der Waals surface area contributed by atoms with Gasteiger partial charge in [0, 0.05) is 5.56 Å². The molecule has 0 bridgehead atoms. The third-order valence-electron chi connectivity index (χ3n) is 3.67. The molecule has 2 aromatic carbocycles. The Balaban J connectivity index is 2.20. The molecule has 140 valence electrons. The topological polar surface area (TPSA) is 54.0 Å². The lowest BCUT2D eigenvalue weighted by Crippen LogP contribution is -1.99. The molecule has 0 saturated carbocycles. The van der Waals surface area contributed by atoms with Crippen molar-refractivity contribution in [3.8, 4) is 35.3 Å². The standard InChI is InChI=1S/C22H22O5/c1-5-13-27-20-11-8-16(14-22(20)26-6-2)7-10-18(23)17-9-12-19(24-3)21(15-17)25-4/h1,7-12,14-15H,6,13H2,2-4H3/b10-7-. The third-order valence-corrected chi connectivity index (χ3v) is 3.67. The van der Waals surface area contributed by atoms with Crippen LogP contribution in [0.2, 0.25) is 0 Å². The van der Waals surface area contributed by atoms with Crippen molar-refractivity contribution in [2.24, 2.45) is 0 Å². The summed E-state index contributed by atoms with van der Waals surface area (Å²) in [7, 11) is 3.08. The highest BCUT2D eigenvalue weighted by molar-refractivity contribution is 6.07. The first-order valence-electron chi connectivity index (χ1n) is 8.40. The van der Waals surface area contributed by atoms with E-state index in [0.29, 0.717) is 35.2 Å². The predicted octanol–water partition coefficient (Wildman–Crippen LogP) is 4.01. The van der Waals surface area contributed by atoms with Crippen molar-refractivity contribution < 1.29 is 23.7 Å². The molecule has 0 aliphatic carbocycles. The minimum atomic E-state index is -0.151. The summed E-state index contributed by atoms with van der Waals surface area (Å²) in [6, 6.07) is 10.4. The predicted molar refractivity (Wildman–Crippen MR) is 105 cm³/mol. The van der Waals surface area contributed by atoms with E-state index in [1.807, 2.05) is 13.0 Å². The maximum absolute atomic E-state index is 12.4. The summed E-state index contributed by atoms with van der Waals surface area (Å²) in [4.78, 5) is 12.4. The van der Waals surface area contributed by atoms with Crippen LogP contribution in [0.25, 0.3) is 6.08 Å². The molecule has 0 unspecified atom stereocenters. The van der Waals surface area contributed by atoms with Crippen molar-refractivity contribution in [2.45, 2.75) is 6.92 Å². The van der Waals surface area contributed by atoms with Gasteiger partial charge >= 0.3 is 0 Å². The Morgan fingerprint density at radius 2 is 1.74 bits per heavy atom. The zero-order valence-electron chi connectivity index (χ0n) is 15.7. The average Bonchev–Trinajstić information content (AvgIpc) is 2.70. The van der Waals surface area contributed by atoms with Gasteiger partial charge in [0.1, 0.15) is 6.61 Å². The Bertz CT molecular complexity index is 861. The Morgan fingerprint density at radius 3 is 2.41 bits per heavy atom. The van der Waals surface area contributed by atoms with Crippen LogP contribution < -0.4 is 18.9 Å². The van der Waals surface area contributed by atoms with E-state index in [4.69, 9.17) is 25.4 Å². The number of ether oxygens (including phenoxy) is 4. The molecule has 5 nitrogen and oxygen atoms in total. The molecule has 2 aromatic rings. The molecule has 0 heterocycles. The van der Waals surface area contributed by atoms with Crippen LogP contribution in [0.5, 0.6) is 23.0 Å². The summed E-state index contributed by atoms with van der Waals surface area (Å²) >= 11 is 0. The van der Waals surface area contributed by atoms with Crippen LogP contribution in [-0.2, 0) is 0 Å². The molecule has 0 radical (unpaired) electrons. The quantitative estimate of drug-likeness (QED) is 0.381. The number of allylic oxidation sites excluding steroid dienone is 1. The van der Waals surface area contributed by atoms with Crippen molar-refractivity contribution in [1.29, 1.82) is 0 Å². The minimum Gasteiger partial charge on any atom is -0.493 e. The van der Waals surface area contributed by atoms with Gasteiger partial charge in [-0.15, -0.1) is 6.42 Å². The van der Waals surface area contributed by atoms with Crippen molar-refractivity contribution in [3.05, 3.63) is 53.6 Å². The van der Waals surface area contributed by atoms with Gasteiger partial charge in [0.2, 0.25) is 0 Å². The molecular formula is C22H22O5. The Hall–Kier alpha value is -3.39. The second-order valence-electron chi connectivity index (χ2n) is 5.40. The molecule has 0 aliphatic heterocycles. The molecule has 27 heavy (non-hydrogen) atoms. The van der Waals surface area contributed by atoms with Crippen LogP contribution in [0.4, 0.5) is 0 Å². The first kappa shape index (κ1) is 19.9. The van der Waals surface area contributed by atoms with Gasteiger partial charge in [-0.2, -0.15) is 0 Å². The van der Waals surface area contributed by atoms with Crippen LogP contribution >= 0.6 is 0 Å². The van der Waals surface area contributed by atoms with Crippen LogP contribution in [0.1, 0.15) is 22.8 Å². The number of rotatable bonds is 9. The Kier molecular flexibility index (Phi) is 7.33. The largest absolute Gasteiger partial charge is 0.493 e. The molecule has 0 saturated heterocycles. The summed E-state index contributed by atoms with van der Waals surface area (Å²) in [5.74, 6) is 4.49. The second-order valence-corrected chi connectivity index (χ2v) is 5.40. The molecule has 0 aromatic heterocycles. The van der Waals surface area contributed by atoms with Crippen molar-refractivity contribution >= 4 is 11.9 Å². The van der Waals surface area contributed by atoms with E-state index in [0.717, 1.165) is 5.56 Å². The smallest absolute Gasteiger partial charge is 0.185 e. The zero-order chi connectivity index (χ0) is 19.6. The second kappa shape index (κ2) is 9.93. The fourth-order valence-corrected chi connectivity index (χ4v) is 2.39. The number of benzene rings is 2. The third kappa shape index (κ3) is 5.29. The van der Waals surface area contributed by atoms with Gasteiger partial charge in [0.05, 0.1) is 20.8 Å². The van der Waals surface area contributed by atoms with E-state index in [9.17, 15) is 4.79 Å². The zero-order valence-corrected chi connectivity index (χ0v) is 15.7. The van der Waals surface area contributed by atoms with Crippen LogP contribution in [0, 0.1) is 12.3 Å². The number of carbonyl (C=O) groups is 1. The number of hydrogen-bond donors (Lipinski definition) is 0. The van der Waals surface area contributed by atoms with Gasteiger partial charge in [-0.3, -0.25) is 4.79 Å². The van der Waals surface area contributed by atoms with E-state index in [1.165, 1.54) is 13.2 Å². The van der Waals surface area contributed by atoms with Crippen molar-refractivity contribution in [3.63, 3.8) is 0 Å². The highest BCUT2D eigenvalue weighted by Gasteiger charge is 2.09. The monoisotopic (exact) mass is 366 g/mol. The van der Waals surface area contributed by atoms with Gasteiger partial charge in [0.25, 0.3) is 0 Å². The lowest BCUT2D eigenvalue weighted by Gasteiger charge is -2.11. The summed E-state index contributed by atoms with van der Waals surface area (Å²) < 4.78 is 21.5. The maximum atomic E-state index is 12.4. The van der Waals surface area contributed by atoms with Gasteiger partial charge in [-0.25, -0.2) is 0 Å². The van der Waals surface area contributed by atoms with Gasteiger partial charge in [-0.05, 0) is 48.9 Å². The van der Waals surface area contributed by atoms with Crippen LogP contribution in [0.3, 0.4) is 0 Å². The van der Waals surface area contributed by atoms with Crippen LogP contribution in [0.15, 0.2) is 42.5 Å². The molecule has 0 amide bonds. The van der Waals surface area contributed by atoms with Crippen molar-refractivity contribution in [2.75, 3.05) is 27.4 Å². The molecule has 0 atom stereocenters. The summed E-state index contributed by atoms with van der Waals surface area (Å²) in [6.07, 6.45) is 8.43. The molecule has 0 aliphatic rings. The maximum Gasteiger partial charge on any atom is 0.185 e. The first-order chi connectivity index (χ1) is 13.1. The Labute approximate surface area is 159 Å². The highest BCUT2D eigenvalue weighted by Crippen LogP contribution is 2.30. The summed E-state index contributed by atoms with van der Waals surface area (Å²) in [6.45, 7) is 2.53. The first-order valence-corrected chi connectivity index (χ1v) is 8.40. The average molecular weight is 366 g/mol. The van der Waals surface area contributed by atoms with Crippen LogP contribution in [-0.4, -0.2) is 33.2 Å². The Morgan fingerprint density at radius 1 is 1.00 bits per heavy atom. The summed E-state index contributed by atoms with van der Waals surface area (Å²) in [5, 5.41) is 0. The van der Waals surface area contributed by atoms with E-state index >= 15 is 0 Å². The number of hydrogen-bond acceptors (Lipinski definition) is 5. The van der Waals surface area contributed by atoms with Crippen molar-refractivity contribution in [1.82, 2.24) is 0 Å². The van der Waals surface area contributed by atoms with E-state index in [2.05, 4.69) is 5.92 Å². The number of methoxy groups -OCH3 is 2. The lowest BCUT2D eigenvalue weighted by atomic mass is 10.1. The molecular weight excluding hydrogens is 344 g/mol. The SMILES string of the molecule is C#CCOc1ccc(/C=C\C(=O)c2ccc(OC)c(OC)c2)cc1OCC. The molecule has 0 N–H and O–H groups in total. The van der Waals surface area contributed by atoms with E-state index in [-0.39, 0.29) is 12.4 Å². The lowest BCUT2D eigenvalue weighted by molar-refractivity contribution is 0.104. The normalized spacial score (nSPS) is 10.3. The molecule has 2 rings (SSSR count). The molecule has 0 fully saturated rings. The van der Waals surface area contributed by atoms with E-state index in [1.54, 1.807) is 43.5 Å². The fraction of sp³-hybridized carbons (Fsp3) is 0.227. The number of terminal acetylenes is 1. The van der Waals surface area contributed by atoms with E-state index < -0.39 is 0 Å². The van der Waals surface area contributed by atoms with Gasteiger partial charge in [-0.1, -0.05) is 18.1 Å². The van der Waals surface area contributed by atoms with Gasteiger partial charge in [0.15, 0.2) is 28.8 Å². The number of carbonyl (C=O) groups excluding carboxylic acids is 1. The fourth-order valence-electron chi connectivity index (χ4n) is 2.39. The minimum absolute atomic E-state index is 0.151. The highest BCUT2D eigenvalue weighted by atomic mass is 16.5. The molecule has 5 heteroatoms. The molecule has 0 spiro atoms. The van der Waals surface area contributed by atoms with Gasteiger partial charge < -0.3 is 18.9 Å². The number of ketones is 1. The summed E-state index contributed by atoms with van der Waals surface area (Å²) in [5.41, 5.74) is 1.31.